The van der Waals surface area contributed by atoms with Crippen molar-refractivity contribution in [2.24, 2.45) is 11.8 Å². The molecule has 41 heavy (non-hydrogen) atoms. The number of benzene rings is 4. The van der Waals surface area contributed by atoms with Crippen molar-refractivity contribution in [1.29, 1.82) is 0 Å². The van der Waals surface area contributed by atoms with E-state index in [1.54, 1.807) is 0 Å². The zero-order valence-corrected chi connectivity index (χ0v) is 23.2. The van der Waals surface area contributed by atoms with E-state index in [2.05, 4.69) is 100 Å². The minimum Gasteiger partial charge on any atom is -0.342 e. The maximum absolute atomic E-state index is 4.89. The Labute approximate surface area is 239 Å². The van der Waals surface area contributed by atoms with Crippen molar-refractivity contribution < 1.29 is 0 Å². The fourth-order valence-electron chi connectivity index (χ4n) is 7.11. The largest absolute Gasteiger partial charge is 0.342 e. The van der Waals surface area contributed by atoms with Crippen molar-refractivity contribution in [3.05, 3.63) is 84.4 Å². The number of hydrogen-bond donors (Lipinski definition) is 4. The molecule has 204 valence electrons. The molecule has 1 aliphatic heterocycles. The number of hydrogen-bond acceptors (Lipinski definition) is 4. The molecule has 6 heteroatoms. The van der Waals surface area contributed by atoms with Crippen LogP contribution in [0.15, 0.2) is 72.8 Å². The molecule has 1 saturated heterocycles. The number of aromatic nitrogens is 4. The lowest BCUT2D eigenvalue weighted by Crippen LogP contribution is -2.18. The Morgan fingerprint density at radius 2 is 1.39 bits per heavy atom. The van der Waals surface area contributed by atoms with Gasteiger partial charge >= 0.3 is 0 Å². The van der Waals surface area contributed by atoms with Gasteiger partial charge in [0.2, 0.25) is 0 Å². The zero-order chi connectivity index (χ0) is 27.1. The van der Waals surface area contributed by atoms with Gasteiger partial charge in [-0.25, -0.2) is 9.97 Å². The van der Waals surface area contributed by atoms with Gasteiger partial charge < -0.3 is 20.6 Å². The molecule has 0 unspecified atom stereocenters. The molecule has 5 atom stereocenters. The number of nitrogens with zero attached hydrogens (tertiary/aromatic N) is 2. The lowest BCUT2D eigenvalue weighted by atomic mass is 9.97. The summed E-state index contributed by atoms with van der Waals surface area (Å²) in [5.41, 5.74) is 9.20. The van der Waals surface area contributed by atoms with Crippen LogP contribution in [-0.4, -0.2) is 39.1 Å². The molecule has 0 amide bonds. The van der Waals surface area contributed by atoms with Gasteiger partial charge in [0.15, 0.2) is 0 Å². The summed E-state index contributed by atoms with van der Waals surface area (Å²) in [6.07, 6.45) is 6.05. The molecule has 4 N–H and O–H groups in total. The predicted octanol–water partition coefficient (Wildman–Crippen LogP) is 6.89. The maximum atomic E-state index is 4.89. The normalized spacial score (nSPS) is 24.9. The van der Waals surface area contributed by atoms with Gasteiger partial charge in [0, 0.05) is 18.5 Å². The van der Waals surface area contributed by atoms with Gasteiger partial charge in [-0.3, -0.25) is 0 Å². The summed E-state index contributed by atoms with van der Waals surface area (Å²) in [4.78, 5) is 16.9. The van der Waals surface area contributed by atoms with E-state index >= 15 is 0 Å². The fourth-order valence-corrected chi connectivity index (χ4v) is 7.11. The first kappa shape index (κ1) is 23.7. The molecular formula is C35H34N6. The molecule has 2 saturated carbocycles. The monoisotopic (exact) mass is 538 g/mol. The van der Waals surface area contributed by atoms with Crippen molar-refractivity contribution in [2.75, 3.05) is 7.05 Å². The predicted molar refractivity (Wildman–Crippen MR) is 166 cm³/mol. The topological polar surface area (TPSA) is 81.4 Å². The smallest absolute Gasteiger partial charge is 0.124 e. The first-order valence-corrected chi connectivity index (χ1v) is 15.1. The SMILES string of the molecule is CN[C@@H]1C[C@@H]1CCc1nc2ccc(-c3ccc4cc(-c5ccc6nc([C@@H]7C[C@H]8C[C@H]8N7)[nH]c6c5)ccc4c3)cc2[nH]1. The van der Waals surface area contributed by atoms with Crippen LogP contribution in [0.3, 0.4) is 0 Å². The number of H-pyrrole nitrogens is 2. The number of aromatic amines is 2. The van der Waals surface area contributed by atoms with Gasteiger partial charge in [-0.15, -0.1) is 0 Å². The van der Waals surface area contributed by atoms with Crippen molar-refractivity contribution in [2.45, 2.75) is 50.2 Å². The summed E-state index contributed by atoms with van der Waals surface area (Å²) in [6.45, 7) is 0. The van der Waals surface area contributed by atoms with Crippen molar-refractivity contribution in [3.8, 4) is 22.3 Å². The third-order valence-corrected chi connectivity index (χ3v) is 9.79. The van der Waals surface area contributed by atoms with E-state index in [4.69, 9.17) is 9.97 Å². The molecule has 6 nitrogen and oxygen atoms in total. The van der Waals surface area contributed by atoms with E-state index in [1.165, 1.54) is 58.7 Å². The summed E-state index contributed by atoms with van der Waals surface area (Å²) in [5, 5.41) is 9.59. The Bertz CT molecular complexity index is 1940. The van der Waals surface area contributed by atoms with Gasteiger partial charge in [0.05, 0.1) is 28.1 Å². The fraction of sp³-hybridized carbons (Fsp3) is 0.314. The molecule has 4 aromatic carbocycles. The third kappa shape index (κ3) is 4.25. The number of nitrogens with one attached hydrogen (secondary N) is 4. The van der Waals surface area contributed by atoms with E-state index < -0.39 is 0 Å². The first-order chi connectivity index (χ1) is 20.2. The Balaban J connectivity index is 0.961. The molecule has 3 aliphatic rings. The highest BCUT2D eigenvalue weighted by molar-refractivity contribution is 5.93. The summed E-state index contributed by atoms with van der Waals surface area (Å²) >= 11 is 0. The van der Waals surface area contributed by atoms with Crippen LogP contribution in [0.2, 0.25) is 0 Å². The molecule has 0 bridgehead atoms. The second-order valence-electron chi connectivity index (χ2n) is 12.5. The highest BCUT2D eigenvalue weighted by atomic mass is 15.1. The average molecular weight is 539 g/mol. The zero-order valence-electron chi connectivity index (χ0n) is 23.2. The van der Waals surface area contributed by atoms with Gasteiger partial charge in [0.1, 0.15) is 11.6 Å². The number of fused-ring (bicyclic) bond motifs is 4. The highest BCUT2D eigenvalue weighted by Crippen LogP contribution is 2.45. The summed E-state index contributed by atoms with van der Waals surface area (Å²) in [6, 6.07) is 28.5. The number of aryl methyl sites for hydroxylation is 1. The van der Waals surface area contributed by atoms with Crippen molar-refractivity contribution in [1.82, 2.24) is 30.6 Å². The minimum atomic E-state index is 0.374. The minimum absolute atomic E-state index is 0.374. The second kappa shape index (κ2) is 9.00. The van der Waals surface area contributed by atoms with Gasteiger partial charge in [-0.05, 0) is 114 Å². The Morgan fingerprint density at radius 3 is 2.05 bits per heavy atom. The molecule has 3 heterocycles. The lowest BCUT2D eigenvalue weighted by Gasteiger charge is -2.08. The lowest BCUT2D eigenvalue weighted by molar-refractivity contribution is 0.544. The van der Waals surface area contributed by atoms with Crippen LogP contribution >= 0.6 is 0 Å². The molecule has 0 radical (unpaired) electrons. The number of rotatable bonds is 7. The third-order valence-electron chi connectivity index (χ3n) is 9.79. The highest BCUT2D eigenvalue weighted by Gasteiger charge is 2.46. The van der Waals surface area contributed by atoms with Crippen molar-refractivity contribution >= 4 is 32.8 Å². The molecule has 2 aliphatic carbocycles. The quantitative estimate of drug-likeness (QED) is 0.178. The van der Waals surface area contributed by atoms with Crippen LogP contribution < -0.4 is 10.6 Å². The Morgan fingerprint density at radius 1 is 0.732 bits per heavy atom. The second-order valence-corrected chi connectivity index (χ2v) is 12.5. The van der Waals surface area contributed by atoms with Gasteiger partial charge in [-0.1, -0.05) is 36.4 Å². The van der Waals surface area contributed by atoms with Crippen LogP contribution in [0.5, 0.6) is 0 Å². The van der Waals surface area contributed by atoms with Crippen molar-refractivity contribution in [3.63, 3.8) is 0 Å². The van der Waals surface area contributed by atoms with E-state index in [0.29, 0.717) is 12.1 Å². The van der Waals surface area contributed by atoms with Crippen LogP contribution in [0, 0.1) is 11.8 Å². The summed E-state index contributed by atoms with van der Waals surface area (Å²) in [7, 11) is 2.06. The Hall–Kier alpha value is -4.00. The molecule has 9 rings (SSSR count). The van der Waals surface area contributed by atoms with Crippen LogP contribution in [-0.2, 0) is 6.42 Å². The summed E-state index contributed by atoms with van der Waals surface area (Å²) in [5.74, 6) is 3.84. The maximum Gasteiger partial charge on any atom is 0.124 e. The first-order valence-electron chi connectivity index (χ1n) is 15.1. The van der Waals surface area contributed by atoms with Gasteiger partial charge in [0.25, 0.3) is 0 Å². The Kier molecular flexibility index (Phi) is 5.20. The molecule has 2 aromatic heterocycles. The molecule has 6 aromatic rings. The van der Waals surface area contributed by atoms with Crippen LogP contribution in [0.25, 0.3) is 55.1 Å². The van der Waals surface area contributed by atoms with Gasteiger partial charge in [-0.2, -0.15) is 0 Å². The van der Waals surface area contributed by atoms with E-state index in [9.17, 15) is 0 Å². The van der Waals surface area contributed by atoms with Crippen LogP contribution in [0.4, 0.5) is 0 Å². The molecular weight excluding hydrogens is 504 g/mol. The molecule has 0 spiro atoms. The molecule has 3 fully saturated rings. The summed E-state index contributed by atoms with van der Waals surface area (Å²) < 4.78 is 0. The van der Waals surface area contributed by atoms with E-state index in [-0.39, 0.29) is 0 Å². The number of piperidine rings is 1. The average Bonchev–Trinajstić information content (AvgIpc) is 3.75. The standard InChI is InChI=1S/C35H34N6/c1-36-29-16-25(29)8-11-34-38-27-9-6-23(14-31(27)39-34)21-4-2-20-13-22(5-3-19(20)12-21)24-7-10-28-32(15-24)41-35(40-28)33-18-26-17-30(26)37-33/h2-7,9-10,12-15,25-26,29-30,33,36-37H,8,11,16-18H2,1H3,(H,38,39)(H,40,41)/t25-,26+,29+,30+,33-/m0/s1. The van der Waals surface area contributed by atoms with E-state index in [0.717, 1.165) is 58.0 Å². The van der Waals surface area contributed by atoms with Crippen LogP contribution in [0.1, 0.15) is 43.4 Å². The number of imidazole rings is 2. The van der Waals surface area contributed by atoms with E-state index in [1.807, 2.05) is 0 Å².